The number of nitrogens with one attached hydrogen (secondary N) is 1. The zero-order valence-corrected chi connectivity index (χ0v) is 13.6. The van der Waals surface area contributed by atoms with Crippen LogP contribution >= 0.6 is 0 Å². The smallest absolute Gasteiger partial charge is 0.112 e. The van der Waals surface area contributed by atoms with Crippen molar-refractivity contribution in [2.75, 3.05) is 20.3 Å². The van der Waals surface area contributed by atoms with Crippen LogP contribution in [-0.4, -0.2) is 31.9 Å². The number of allylic oxidation sites excluding steroid dienone is 1. The van der Waals surface area contributed by atoms with Crippen molar-refractivity contribution in [1.82, 2.24) is 5.32 Å². The summed E-state index contributed by atoms with van der Waals surface area (Å²) in [6, 6.07) is 0.203. The molecule has 116 valence electrons. The quantitative estimate of drug-likeness (QED) is 0.834. The Kier molecular flexibility index (Phi) is 5.14. The first kappa shape index (κ1) is 15.8. The molecule has 1 N–H and O–H groups in total. The van der Waals surface area contributed by atoms with Crippen LogP contribution in [0.5, 0.6) is 0 Å². The van der Waals surface area contributed by atoms with Crippen molar-refractivity contribution in [2.24, 2.45) is 5.41 Å². The molecular formula is C17H31NO2. The predicted molar refractivity (Wildman–Crippen MR) is 82.7 cm³/mol. The van der Waals surface area contributed by atoms with E-state index in [2.05, 4.69) is 32.2 Å². The zero-order valence-electron chi connectivity index (χ0n) is 13.6. The summed E-state index contributed by atoms with van der Waals surface area (Å²) >= 11 is 0. The van der Waals surface area contributed by atoms with E-state index in [1.807, 2.05) is 7.11 Å². The average molecular weight is 281 g/mol. The third-order valence-corrected chi connectivity index (χ3v) is 5.04. The zero-order chi connectivity index (χ0) is 14.6. The van der Waals surface area contributed by atoms with E-state index in [0.29, 0.717) is 5.41 Å². The van der Waals surface area contributed by atoms with Crippen LogP contribution in [0.1, 0.15) is 59.3 Å². The van der Waals surface area contributed by atoms with Crippen molar-refractivity contribution in [3.05, 3.63) is 11.8 Å². The molecule has 1 fully saturated rings. The molecule has 20 heavy (non-hydrogen) atoms. The molecular weight excluding hydrogens is 250 g/mol. The Morgan fingerprint density at radius 3 is 2.50 bits per heavy atom. The molecule has 0 aromatic heterocycles. The van der Waals surface area contributed by atoms with E-state index in [1.165, 1.54) is 12.8 Å². The van der Waals surface area contributed by atoms with Gasteiger partial charge >= 0.3 is 0 Å². The van der Waals surface area contributed by atoms with Crippen LogP contribution in [0, 0.1) is 5.41 Å². The maximum atomic E-state index is 6.06. The van der Waals surface area contributed by atoms with Crippen LogP contribution in [0.3, 0.4) is 0 Å². The van der Waals surface area contributed by atoms with Gasteiger partial charge in [-0.3, -0.25) is 0 Å². The van der Waals surface area contributed by atoms with E-state index in [1.54, 1.807) is 0 Å². The summed E-state index contributed by atoms with van der Waals surface area (Å²) in [4.78, 5) is 0. The lowest BCUT2D eigenvalue weighted by Gasteiger charge is -2.47. The molecule has 2 aliphatic rings. The van der Waals surface area contributed by atoms with Crippen LogP contribution in [0.2, 0.25) is 0 Å². The molecule has 1 unspecified atom stereocenters. The Morgan fingerprint density at radius 2 is 2.00 bits per heavy atom. The first-order valence-electron chi connectivity index (χ1n) is 8.14. The number of hydrogen-bond donors (Lipinski definition) is 1. The Labute approximate surface area is 124 Å². The van der Waals surface area contributed by atoms with Crippen LogP contribution in [0.25, 0.3) is 0 Å². The van der Waals surface area contributed by atoms with Gasteiger partial charge in [-0.15, -0.1) is 0 Å². The van der Waals surface area contributed by atoms with Crippen LogP contribution < -0.4 is 5.32 Å². The Hall–Kier alpha value is -0.540. The van der Waals surface area contributed by atoms with Crippen LogP contribution in [0.4, 0.5) is 0 Å². The number of rotatable bonds is 5. The number of hydrogen-bond acceptors (Lipinski definition) is 3. The molecule has 2 rings (SSSR count). The van der Waals surface area contributed by atoms with E-state index in [-0.39, 0.29) is 11.6 Å². The summed E-state index contributed by atoms with van der Waals surface area (Å²) in [7, 11) is 1.87. The molecule has 0 amide bonds. The van der Waals surface area contributed by atoms with E-state index in [9.17, 15) is 0 Å². The lowest BCUT2D eigenvalue weighted by molar-refractivity contribution is -0.0887. The van der Waals surface area contributed by atoms with Gasteiger partial charge in [0, 0.05) is 7.11 Å². The molecule has 0 aromatic rings. The number of methoxy groups -OCH3 is 1. The molecule has 0 bridgehead atoms. The Balaban J connectivity index is 2.19. The van der Waals surface area contributed by atoms with E-state index in [4.69, 9.17) is 9.47 Å². The monoisotopic (exact) mass is 281 g/mol. The van der Waals surface area contributed by atoms with Gasteiger partial charge in [-0.2, -0.15) is 0 Å². The average Bonchev–Trinajstić information content (AvgIpc) is 2.47. The van der Waals surface area contributed by atoms with Crippen molar-refractivity contribution < 1.29 is 9.47 Å². The second-order valence-electron chi connectivity index (χ2n) is 7.02. The van der Waals surface area contributed by atoms with Gasteiger partial charge in [0.25, 0.3) is 0 Å². The molecule has 0 spiro atoms. The summed E-state index contributed by atoms with van der Waals surface area (Å²) in [6.07, 6.45) is 9.17. The lowest BCUT2D eigenvalue weighted by Crippen LogP contribution is -2.56. The van der Waals surface area contributed by atoms with Crippen molar-refractivity contribution in [3.8, 4) is 0 Å². The van der Waals surface area contributed by atoms with Gasteiger partial charge in [0.2, 0.25) is 0 Å². The molecule has 0 aromatic carbocycles. The standard InChI is InChI=1S/C17H31NO2/c1-5-18-15(14-8-6-7-13-20-14)17(19-4)11-9-16(2,3)10-12-17/h8,15,18H,5-7,9-13H2,1-4H3. The second-order valence-corrected chi connectivity index (χ2v) is 7.02. The van der Waals surface area contributed by atoms with Gasteiger partial charge in [0.05, 0.1) is 18.2 Å². The van der Waals surface area contributed by atoms with Crippen molar-refractivity contribution >= 4 is 0 Å². The molecule has 1 aliphatic heterocycles. The van der Waals surface area contributed by atoms with Gasteiger partial charge in [-0.25, -0.2) is 0 Å². The Morgan fingerprint density at radius 1 is 1.30 bits per heavy atom. The summed E-state index contributed by atoms with van der Waals surface area (Å²) in [5.74, 6) is 1.11. The third-order valence-electron chi connectivity index (χ3n) is 5.04. The summed E-state index contributed by atoms with van der Waals surface area (Å²) in [5.41, 5.74) is 0.343. The van der Waals surface area contributed by atoms with Crippen molar-refractivity contribution in [1.29, 1.82) is 0 Å². The van der Waals surface area contributed by atoms with Gasteiger partial charge in [0.15, 0.2) is 0 Å². The normalized spacial score (nSPS) is 26.5. The second kappa shape index (κ2) is 6.48. The highest BCUT2D eigenvalue weighted by molar-refractivity contribution is 5.15. The summed E-state index contributed by atoms with van der Waals surface area (Å²) in [5, 5.41) is 3.62. The van der Waals surface area contributed by atoms with E-state index in [0.717, 1.165) is 44.6 Å². The minimum absolute atomic E-state index is 0.102. The lowest BCUT2D eigenvalue weighted by atomic mass is 9.68. The van der Waals surface area contributed by atoms with Crippen molar-refractivity contribution in [2.45, 2.75) is 70.9 Å². The highest BCUT2D eigenvalue weighted by Gasteiger charge is 2.46. The fourth-order valence-electron chi connectivity index (χ4n) is 3.49. The molecule has 0 radical (unpaired) electrons. The number of ether oxygens (including phenoxy) is 2. The highest BCUT2D eigenvalue weighted by atomic mass is 16.5. The van der Waals surface area contributed by atoms with Gasteiger partial charge in [0.1, 0.15) is 5.76 Å². The molecule has 3 nitrogen and oxygen atoms in total. The Bertz CT molecular complexity index is 339. The molecule has 0 saturated heterocycles. The molecule has 1 atom stereocenters. The molecule has 1 heterocycles. The van der Waals surface area contributed by atoms with Gasteiger partial charge in [-0.1, -0.05) is 20.8 Å². The fourth-order valence-corrected chi connectivity index (χ4v) is 3.49. The van der Waals surface area contributed by atoms with Crippen LogP contribution in [-0.2, 0) is 9.47 Å². The molecule has 3 heteroatoms. The van der Waals surface area contributed by atoms with Crippen molar-refractivity contribution in [3.63, 3.8) is 0 Å². The van der Waals surface area contributed by atoms with Gasteiger partial charge in [-0.05, 0) is 56.6 Å². The van der Waals surface area contributed by atoms with E-state index < -0.39 is 0 Å². The first-order chi connectivity index (χ1) is 9.53. The van der Waals surface area contributed by atoms with E-state index >= 15 is 0 Å². The maximum Gasteiger partial charge on any atom is 0.112 e. The largest absolute Gasteiger partial charge is 0.496 e. The maximum absolute atomic E-state index is 6.06. The summed E-state index contributed by atoms with van der Waals surface area (Å²) in [6.45, 7) is 8.68. The molecule has 1 saturated carbocycles. The fraction of sp³-hybridized carbons (Fsp3) is 0.882. The highest BCUT2D eigenvalue weighted by Crippen LogP contribution is 2.45. The predicted octanol–water partition coefficient (Wildman–Crippen LogP) is 3.64. The SMILES string of the molecule is CCNC(C1=CCCCO1)C1(OC)CCC(C)(C)CC1. The minimum atomic E-state index is -0.102. The third kappa shape index (κ3) is 3.37. The first-order valence-corrected chi connectivity index (χ1v) is 8.14. The van der Waals surface area contributed by atoms with Gasteiger partial charge < -0.3 is 14.8 Å². The minimum Gasteiger partial charge on any atom is -0.496 e. The summed E-state index contributed by atoms with van der Waals surface area (Å²) < 4.78 is 12.0. The topological polar surface area (TPSA) is 30.5 Å². The molecule has 1 aliphatic carbocycles. The number of likely N-dealkylation sites (N-methyl/N-ethyl adjacent to an activating group) is 1. The van der Waals surface area contributed by atoms with Crippen LogP contribution in [0.15, 0.2) is 11.8 Å².